The van der Waals surface area contributed by atoms with Crippen LogP contribution in [0.4, 0.5) is 0 Å². The molecule has 2 N–H and O–H groups in total. The Labute approximate surface area is 90.4 Å². The number of carbonyl (C=O) groups excluding carboxylic acids is 1. The van der Waals surface area contributed by atoms with Gasteiger partial charge in [0.05, 0.1) is 6.04 Å². The second kappa shape index (κ2) is 5.61. The number of rotatable bonds is 4. The van der Waals surface area contributed by atoms with E-state index in [1.807, 2.05) is 0 Å². The summed E-state index contributed by atoms with van der Waals surface area (Å²) in [5, 5.41) is 6.20. The highest BCUT2D eigenvalue weighted by Crippen LogP contribution is 2.10. The molecule has 0 aliphatic carbocycles. The molecule has 1 saturated heterocycles. The average molecular weight is 216 g/mol. The minimum Gasteiger partial charge on any atom is -0.352 e. The van der Waals surface area contributed by atoms with Crippen molar-refractivity contribution >= 4 is 17.7 Å². The van der Waals surface area contributed by atoms with Crippen LogP contribution in [0.25, 0.3) is 0 Å². The maximum Gasteiger partial charge on any atom is 0.238 e. The number of carbonyl (C=O) groups is 1. The predicted molar refractivity (Wildman–Crippen MR) is 61.3 cm³/mol. The quantitative estimate of drug-likeness (QED) is 0.742. The second-order valence-electron chi connectivity index (χ2n) is 4.31. The summed E-state index contributed by atoms with van der Waals surface area (Å²) in [5.74, 6) is 2.59. The van der Waals surface area contributed by atoms with E-state index in [0.29, 0.717) is 5.92 Å². The number of thioether (sulfide) groups is 1. The summed E-state index contributed by atoms with van der Waals surface area (Å²) < 4.78 is 0. The molecule has 0 saturated carbocycles. The summed E-state index contributed by atoms with van der Waals surface area (Å²) in [6.45, 7) is 6.42. The Morgan fingerprint density at radius 2 is 2.29 bits per heavy atom. The second-order valence-corrected chi connectivity index (χ2v) is 5.34. The summed E-state index contributed by atoms with van der Waals surface area (Å²) in [6.07, 6.45) is 1.05. The van der Waals surface area contributed by atoms with Crippen molar-refractivity contribution in [3.8, 4) is 0 Å². The number of hydrogen-bond acceptors (Lipinski definition) is 3. The Kier molecular flexibility index (Phi) is 4.75. The van der Waals surface area contributed by atoms with Crippen LogP contribution in [0.5, 0.6) is 0 Å². The molecular weight excluding hydrogens is 196 g/mol. The highest BCUT2D eigenvalue weighted by atomic mass is 32.2. The van der Waals surface area contributed by atoms with E-state index < -0.39 is 0 Å². The molecule has 3 nitrogen and oxygen atoms in total. The zero-order valence-electron chi connectivity index (χ0n) is 9.17. The molecule has 0 aromatic rings. The highest BCUT2D eigenvalue weighted by Gasteiger charge is 2.23. The molecule has 1 aliphatic heterocycles. The lowest BCUT2D eigenvalue weighted by Gasteiger charge is -2.18. The van der Waals surface area contributed by atoms with E-state index in [9.17, 15) is 4.79 Å². The van der Waals surface area contributed by atoms with Crippen LogP contribution in [0.3, 0.4) is 0 Å². The van der Waals surface area contributed by atoms with E-state index in [4.69, 9.17) is 0 Å². The van der Waals surface area contributed by atoms with E-state index in [1.54, 1.807) is 11.8 Å². The molecule has 0 aromatic heterocycles. The van der Waals surface area contributed by atoms with E-state index in [2.05, 4.69) is 31.4 Å². The maximum atomic E-state index is 11.7. The van der Waals surface area contributed by atoms with Crippen molar-refractivity contribution in [2.45, 2.75) is 39.3 Å². The standard InChI is InChI=1S/C10H20N2OS/c1-7(2)4-8(3)12-10(13)9-5-14-6-11-9/h7-9,11H,4-6H2,1-3H3,(H,12,13). The van der Waals surface area contributed by atoms with Crippen molar-refractivity contribution < 1.29 is 4.79 Å². The molecule has 0 bridgehead atoms. The minimum absolute atomic E-state index is 0.0228. The van der Waals surface area contributed by atoms with Gasteiger partial charge < -0.3 is 5.32 Å². The Hall–Kier alpha value is -0.220. The van der Waals surface area contributed by atoms with Crippen molar-refractivity contribution in [1.82, 2.24) is 10.6 Å². The molecule has 14 heavy (non-hydrogen) atoms. The Morgan fingerprint density at radius 1 is 1.57 bits per heavy atom. The van der Waals surface area contributed by atoms with Crippen LogP contribution in [0.2, 0.25) is 0 Å². The van der Waals surface area contributed by atoms with Crippen LogP contribution in [-0.2, 0) is 4.79 Å². The number of nitrogens with one attached hydrogen (secondary N) is 2. The predicted octanol–water partition coefficient (Wildman–Crippen LogP) is 1.20. The number of hydrogen-bond donors (Lipinski definition) is 2. The van der Waals surface area contributed by atoms with Crippen molar-refractivity contribution in [2.75, 3.05) is 11.6 Å². The van der Waals surface area contributed by atoms with Crippen LogP contribution >= 0.6 is 11.8 Å². The van der Waals surface area contributed by atoms with Crippen LogP contribution < -0.4 is 10.6 Å². The van der Waals surface area contributed by atoms with Gasteiger partial charge in [0, 0.05) is 17.7 Å². The third-order valence-corrected chi connectivity index (χ3v) is 3.19. The van der Waals surface area contributed by atoms with Crippen molar-refractivity contribution in [1.29, 1.82) is 0 Å². The lowest BCUT2D eigenvalue weighted by molar-refractivity contribution is -0.123. The first-order valence-electron chi connectivity index (χ1n) is 5.21. The van der Waals surface area contributed by atoms with Gasteiger partial charge in [-0.2, -0.15) is 0 Å². The van der Waals surface area contributed by atoms with Gasteiger partial charge in [-0.15, -0.1) is 11.8 Å². The molecule has 1 rings (SSSR count). The van der Waals surface area contributed by atoms with E-state index in [0.717, 1.165) is 18.1 Å². The molecule has 0 aromatic carbocycles. The normalized spacial score (nSPS) is 23.9. The summed E-state index contributed by atoms with van der Waals surface area (Å²) in [4.78, 5) is 11.7. The first kappa shape index (κ1) is 11.9. The Morgan fingerprint density at radius 3 is 2.79 bits per heavy atom. The van der Waals surface area contributed by atoms with Crippen molar-refractivity contribution in [3.05, 3.63) is 0 Å². The average Bonchev–Trinajstić information content (AvgIpc) is 2.53. The van der Waals surface area contributed by atoms with Crippen LogP contribution in [0, 0.1) is 5.92 Å². The summed E-state index contributed by atoms with van der Waals surface area (Å²) in [6, 6.07) is 0.310. The van der Waals surface area contributed by atoms with E-state index in [-0.39, 0.29) is 18.0 Å². The van der Waals surface area contributed by atoms with Crippen LogP contribution in [0.1, 0.15) is 27.2 Å². The monoisotopic (exact) mass is 216 g/mol. The van der Waals surface area contributed by atoms with Gasteiger partial charge >= 0.3 is 0 Å². The zero-order chi connectivity index (χ0) is 10.6. The van der Waals surface area contributed by atoms with E-state index in [1.165, 1.54) is 0 Å². The highest BCUT2D eigenvalue weighted by molar-refractivity contribution is 7.99. The van der Waals surface area contributed by atoms with Crippen LogP contribution in [0.15, 0.2) is 0 Å². The van der Waals surface area contributed by atoms with Gasteiger partial charge in [-0.1, -0.05) is 13.8 Å². The molecule has 1 heterocycles. The molecule has 1 fully saturated rings. The summed E-state index contributed by atoms with van der Waals surface area (Å²) in [5.41, 5.74) is 0. The molecule has 2 unspecified atom stereocenters. The molecular formula is C10H20N2OS. The zero-order valence-corrected chi connectivity index (χ0v) is 9.99. The SMILES string of the molecule is CC(C)CC(C)NC(=O)C1CSCN1. The minimum atomic E-state index is 0.0228. The first-order chi connectivity index (χ1) is 6.59. The first-order valence-corrected chi connectivity index (χ1v) is 6.36. The van der Waals surface area contributed by atoms with Gasteiger partial charge in [0.15, 0.2) is 0 Å². The fourth-order valence-electron chi connectivity index (χ4n) is 1.67. The fourth-order valence-corrected chi connectivity index (χ4v) is 2.61. The van der Waals surface area contributed by atoms with Crippen LogP contribution in [-0.4, -0.2) is 29.6 Å². The van der Waals surface area contributed by atoms with Gasteiger partial charge in [0.1, 0.15) is 0 Å². The van der Waals surface area contributed by atoms with Crippen molar-refractivity contribution in [3.63, 3.8) is 0 Å². The molecule has 2 atom stereocenters. The molecule has 82 valence electrons. The molecule has 4 heteroatoms. The van der Waals surface area contributed by atoms with Gasteiger partial charge in [-0.3, -0.25) is 10.1 Å². The largest absolute Gasteiger partial charge is 0.352 e. The van der Waals surface area contributed by atoms with E-state index >= 15 is 0 Å². The van der Waals surface area contributed by atoms with Crippen molar-refractivity contribution in [2.24, 2.45) is 5.92 Å². The molecule has 0 radical (unpaired) electrons. The fraction of sp³-hybridized carbons (Fsp3) is 0.900. The summed E-state index contributed by atoms with van der Waals surface area (Å²) in [7, 11) is 0. The third kappa shape index (κ3) is 3.88. The third-order valence-electron chi connectivity index (χ3n) is 2.25. The lowest BCUT2D eigenvalue weighted by Crippen LogP contribution is -2.45. The Bertz CT molecular complexity index is 191. The number of amides is 1. The summed E-state index contributed by atoms with van der Waals surface area (Å²) >= 11 is 1.78. The van der Waals surface area contributed by atoms with Gasteiger partial charge in [-0.25, -0.2) is 0 Å². The molecule has 1 amide bonds. The topological polar surface area (TPSA) is 41.1 Å². The van der Waals surface area contributed by atoms with Gasteiger partial charge in [0.25, 0.3) is 0 Å². The maximum absolute atomic E-state index is 11.7. The smallest absolute Gasteiger partial charge is 0.238 e. The van der Waals surface area contributed by atoms with Gasteiger partial charge in [-0.05, 0) is 19.3 Å². The lowest BCUT2D eigenvalue weighted by atomic mass is 10.1. The van der Waals surface area contributed by atoms with Gasteiger partial charge in [0.2, 0.25) is 5.91 Å². The molecule has 1 aliphatic rings. The Balaban J connectivity index is 2.25. The molecule has 0 spiro atoms.